The zero-order chi connectivity index (χ0) is 16.9. The number of nitrogens with one attached hydrogen (secondary N) is 2. The van der Waals surface area contributed by atoms with Gasteiger partial charge in [-0.2, -0.15) is 0 Å². The molecule has 0 fully saturated rings. The van der Waals surface area contributed by atoms with Gasteiger partial charge in [0.2, 0.25) is 0 Å². The highest BCUT2D eigenvalue weighted by Crippen LogP contribution is 2.14. The summed E-state index contributed by atoms with van der Waals surface area (Å²) in [6.45, 7) is 8.00. The van der Waals surface area contributed by atoms with E-state index in [1.54, 1.807) is 11.9 Å². The largest absolute Gasteiger partial charge is 0.444 e. The van der Waals surface area contributed by atoms with Crippen molar-refractivity contribution in [3.63, 3.8) is 0 Å². The van der Waals surface area contributed by atoms with E-state index in [1.165, 1.54) is 10.9 Å². The summed E-state index contributed by atoms with van der Waals surface area (Å²) >= 11 is 0. The summed E-state index contributed by atoms with van der Waals surface area (Å²) < 4.78 is 5.32. The summed E-state index contributed by atoms with van der Waals surface area (Å²) in [5.74, 6) is 0. The summed E-state index contributed by atoms with van der Waals surface area (Å²) in [5.41, 5.74) is 1.98. The number of benzene rings is 1. The van der Waals surface area contributed by atoms with Gasteiger partial charge in [0.25, 0.3) is 0 Å². The molecule has 0 bridgehead atoms. The van der Waals surface area contributed by atoms with Crippen LogP contribution >= 0.6 is 0 Å². The fourth-order valence-corrected chi connectivity index (χ4v) is 2.32. The van der Waals surface area contributed by atoms with E-state index in [-0.39, 0.29) is 6.09 Å². The van der Waals surface area contributed by atoms with Crippen LogP contribution < -0.4 is 5.32 Å². The van der Waals surface area contributed by atoms with Crippen molar-refractivity contribution in [1.82, 2.24) is 15.2 Å². The second-order valence-corrected chi connectivity index (χ2v) is 6.83. The molecule has 2 rings (SSSR count). The number of aromatic amines is 1. The second-order valence-electron chi connectivity index (χ2n) is 6.83. The fourth-order valence-electron chi connectivity index (χ4n) is 2.32. The summed E-state index contributed by atoms with van der Waals surface area (Å²) in [5, 5.41) is 4.64. The lowest BCUT2D eigenvalue weighted by atomic mass is 10.1. The van der Waals surface area contributed by atoms with E-state index in [0.29, 0.717) is 6.54 Å². The van der Waals surface area contributed by atoms with E-state index < -0.39 is 5.60 Å². The maximum absolute atomic E-state index is 11.8. The van der Waals surface area contributed by atoms with Crippen molar-refractivity contribution < 1.29 is 9.53 Å². The topological polar surface area (TPSA) is 57.4 Å². The summed E-state index contributed by atoms with van der Waals surface area (Å²) in [4.78, 5) is 16.6. The van der Waals surface area contributed by atoms with E-state index in [1.807, 2.05) is 27.0 Å². The predicted molar refractivity (Wildman–Crippen MR) is 93.5 cm³/mol. The Kier molecular flexibility index (Phi) is 5.66. The third-order valence-electron chi connectivity index (χ3n) is 3.50. The van der Waals surface area contributed by atoms with Crippen molar-refractivity contribution in [2.75, 3.05) is 20.1 Å². The minimum Gasteiger partial charge on any atom is -0.444 e. The Hall–Kier alpha value is -2.01. The molecule has 0 spiro atoms. The number of rotatable bonds is 6. The van der Waals surface area contributed by atoms with E-state index in [4.69, 9.17) is 4.74 Å². The highest BCUT2D eigenvalue weighted by Gasteiger charge is 2.18. The molecule has 0 unspecified atom stereocenters. The summed E-state index contributed by atoms with van der Waals surface area (Å²) in [7, 11) is 1.77. The van der Waals surface area contributed by atoms with Crippen LogP contribution in [0.3, 0.4) is 0 Å². The predicted octanol–water partition coefficient (Wildman–Crippen LogP) is 3.51. The van der Waals surface area contributed by atoms with Crippen LogP contribution in [0.15, 0.2) is 30.5 Å². The van der Waals surface area contributed by atoms with E-state index in [2.05, 4.69) is 34.6 Å². The smallest absolute Gasteiger partial charge is 0.410 e. The molecule has 0 saturated heterocycles. The normalized spacial score (nSPS) is 11.7. The van der Waals surface area contributed by atoms with Gasteiger partial charge in [0.15, 0.2) is 0 Å². The molecule has 1 aromatic carbocycles. The maximum Gasteiger partial charge on any atom is 0.410 e. The van der Waals surface area contributed by atoms with Crippen LogP contribution in [-0.2, 0) is 11.3 Å². The molecular weight excluding hydrogens is 290 g/mol. The molecule has 0 aliphatic heterocycles. The van der Waals surface area contributed by atoms with Crippen LogP contribution in [0, 0.1) is 0 Å². The Morgan fingerprint density at radius 1 is 1.30 bits per heavy atom. The zero-order valence-electron chi connectivity index (χ0n) is 14.5. The van der Waals surface area contributed by atoms with E-state index >= 15 is 0 Å². The molecule has 0 aliphatic carbocycles. The van der Waals surface area contributed by atoms with Gasteiger partial charge in [0.05, 0.1) is 0 Å². The Morgan fingerprint density at radius 2 is 2.09 bits per heavy atom. The Labute approximate surface area is 138 Å². The number of hydrogen-bond acceptors (Lipinski definition) is 3. The molecule has 126 valence electrons. The first-order valence-corrected chi connectivity index (χ1v) is 8.06. The number of nitrogens with zero attached hydrogens (tertiary/aromatic N) is 1. The number of fused-ring (bicyclic) bond motifs is 1. The third kappa shape index (κ3) is 5.60. The fraction of sp³-hybridized carbons (Fsp3) is 0.500. The molecule has 1 aromatic heterocycles. The van der Waals surface area contributed by atoms with Gasteiger partial charge in [0, 0.05) is 31.9 Å². The van der Waals surface area contributed by atoms with Gasteiger partial charge in [-0.3, -0.25) is 0 Å². The number of hydrogen-bond donors (Lipinski definition) is 2. The molecule has 1 amide bonds. The average Bonchev–Trinajstić information content (AvgIpc) is 2.92. The van der Waals surface area contributed by atoms with Crippen molar-refractivity contribution in [1.29, 1.82) is 0 Å². The number of carbonyl (C=O) groups is 1. The van der Waals surface area contributed by atoms with Gasteiger partial charge in [-0.15, -0.1) is 0 Å². The first kappa shape index (κ1) is 17.3. The highest BCUT2D eigenvalue weighted by atomic mass is 16.6. The van der Waals surface area contributed by atoms with Crippen LogP contribution in [0.5, 0.6) is 0 Å². The quantitative estimate of drug-likeness (QED) is 0.802. The lowest BCUT2D eigenvalue weighted by molar-refractivity contribution is 0.0297. The molecule has 0 saturated carbocycles. The standard InChI is InChI=1S/C18H27N3O2/c1-18(2,3)23-17(22)21(4)11-5-9-19-13-14-6-7-16-15(12-14)8-10-20-16/h6-8,10,12,19-20H,5,9,11,13H2,1-4H3. The lowest BCUT2D eigenvalue weighted by Gasteiger charge is -2.24. The maximum atomic E-state index is 11.8. The number of H-pyrrole nitrogens is 1. The third-order valence-corrected chi connectivity index (χ3v) is 3.50. The molecule has 23 heavy (non-hydrogen) atoms. The van der Waals surface area contributed by atoms with Gasteiger partial charge in [-0.1, -0.05) is 6.07 Å². The van der Waals surface area contributed by atoms with Crippen molar-refractivity contribution >= 4 is 17.0 Å². The second kappa shape index (κ2) is 7.51. The minimum atomic E-state index is -0.444. The average molecular weight is 317 g/mol. The molecular formula is C18H27N3O2. The Bertz CT molecular complexity index is 643. The number of aromatic nitrogens is 1. The molecule has 5 nitrogen and oxygen atoms in total. The number of carbonyl (C=O) groups excluding carboxylic acids is 1. The van der Waals surface area contributed by atoms with Crippen LogP contribution in [0.2, 0.25) is 0 Å². The van der Waals surface area contributed by atoms with Crippen LogP contribution in [-0.4, -0.2) is 41.7 Å². The zero-order valence-corrected chi connectivity index (χ0v) is 14.5. The molecule has 5 heteroatoms. The van der Waals surface area contributed by atoms with Crippen molar-refractivity contribution in [2.24, 2.45) is 0 Å². The summed E-state index contributed by atoms with van der Waals surface area (Å²) in [6.07, 6.45) is 2.58. The van der Waals surface area contributed by atoms with Gasteiger partial charge in [-0.25, -0.2) is 4.79 Å². The van der Waals surface area contributed by atoms with E-state index in [0.717, 1.165) is 25.0 Å². The van der Waals surface area contributed by atoms with Gasteiger partial charge in [-0.05, 0) is 62.9 Å². The van der Waals surface area contributed by atoms with E-state index in [9.17, 15) is 4.79 Å². The SMILES string of the molecule is CN(CCCNCc1ccc2[nH]ccc2c1)C(=O)OC(C)(C)C. The molecule has 0 radical (unpaired) electrons. The van der Waals surface area contributed by atoms with Gasteiger partial charge >= 0.3 is 6.09 Å². The van der Waals surface area contributed by atoms with Crippen molar-refractivity contribution in [2.45, 2.75) is 39.3 Å². The minimum absolute atomic E-state index is 0.268. The molecule has 0 aliphatic rings. The van der Waals surface area contributed by atoms with Gasteiger partial charge < -0.3 is 19.9 Å². The molecule has 0 atom stereocenters. The first-order chi connectivity index (χ1) is 10.8. The Balaban J connectivity index is 1.66. The Morgan fingerprint density at radius 3 is 2.83 bits per heavy atom. The van der Waals surface area contributed by atoms with Crippen LogP contribution in [0.25, 0.3) is 10.9 Å². The molecule has 1 heterocycles. The first-order valence-electron chi connectivity index (χ1n) is 8.06. The molecule has 2 aromatic rings. The molecule has 2 N–H and O–H groups in total. The van der Waals surface area contributed by atoms with Crippen molar-refractivity contribution in [3.05, 3.63) is 36.0 Å². The monoisotopic (exact) mass is 317 g/mol. The summed E-state index contributed by atoms with van der Waals surface area (Å²) in [6, 6.07) is 8.49. The van der Waals surface area contributed by atoms with Crippen molar-refractivity contribution in [3.8, 4) is 0 Å². The lowest BCUT2D eigenvalue weighted by Crippen LogP contribution is -2.35. The van der Waals surface area contributed by atoms with Gasteiger partial charge in [0.1, 0.15) is 5.60 Å². The highest BCUT2D eigenvalue weighted by molar-refractivity contribution is 5.79. The van der Waals surface area contributed by atoms with Crippen LogP contribution in [0.1, 0.15) is 32.8 Å². The van der Waals surface area contributed by atoms with Crippen LogP contribution in [0.4, 0.5) is 4.79 Å². The number of ether oxygens (including phenoxy) is 1. The number of amides is 1.